The summed E-state index contributed by atoms with van der Waals surface area (Å²) >= 11 is 5.76. The number of halogens is 2. The lowest BCUT2D eigenvalue weighted by atomic mass is 9.89. The van der Waals surface area contributed by atoms with Gasteiger partial charge in [0.15, 0.2) is 11.5 Å². The molecule has 0 aliphatic carbocycles. The van der Waals surface area contributed by atoms with Gasteiger partial charge in [0.1, 0.15) is 5.69 Å². The maximum Gasteiger partial charge on any atom is 0.276 e. The molecule has 1 aliphatic heterocycles. The monoisotopic (exact) mass is 337 g/mol. The summed E-state index contributed by atoms with van der Waals surface area (Å²) in [5.41, 5.74) is 6.19. The fourth-order valence-electron chi connectivity index (χ4n) is 2.62. The van der Waals surface area contributed by atoms with Crippen LogP contribution in [0.3, 0.4) is 0 Å². The molecule has 2 heterocycles. The van der Waals surface area contributed by atoms with Crippen molar-refractivity contribution in [2.75, 3.05) is 13.1 Å². The maximum absolute atomic E-state index is 14.0. The molecule has 0 radical (unpaired) electrons. The fourth-order valence-corrected chi connectivity index (χ4v) is 2.79. The molecule has 1 fully saturated rings. The first-order valence-corrected chi connectivity index (χ1v) is 7.59. The van der Waals surface area contributed by atoms with Crippen molar-refractivity contribution in [2.24, 2.45) is 11.1 Å². The van der Waals surface area contributed by atoms with Gasteiger partial charge in [0, 0.05) is 19.1 Å². The smallest absolute Gasteiger partial charge is 0.276 e. The van der Waals surface area contributed by atoms with Crippen molar-refractivity contribution in [1.82, 2.24) is 19.9 Å². The van der Waals surface area contributed by atoms with Crippen molar-refractivity contribution >= 4 is 17.5 Å². The lowest BCUT2D eigenvalue weighted by Gasteiger charge is -2.21. The van der Waals surface area contributed by atoms with Crippen LogP contribution in [0, 0.1) is 11.2 Å². The van der Waals surface area contributed by atoms with Crippen molar-refractivity contribution in [3.63, 3.8) is 0 Å². The third kappa shape index (κ3) is 2.82. The Morgan fingerprint density at radius 1 is 1.48 bits per heavy atom. The molecular weight excluding hydrogens is 321 g/mol. The summed E-state index contributed by atoms with van der Waals surface area (Å²) in [6.45, 7) is 5.04. The largest absolute Gasteiger partial charge is 0.335 e. The second kappa shape index (κ2) is 5.58. The molecule has 1 aromatic carbocycles. The molecule has 0 saturated carbocycles. The molecule has 0 spiro atoms. The molecule has 122 valence electrons. The van der Waals surface area contributed by atoms with E-state index in [0.717, 1.165) is 0 Å². The number of hydrogen-bond donors (Lipinski definition) is 1. The topological polar surface area (TPSA) is 77.0 Å². The summed E-state index contributed by atoms with van der Waals surface area (Å²) in [7, 11) is 0. The highest BCUT2D eigenvalue weighted by Gasteiger charge is 2.39. The predicted molar refractivity (Wildman–Crippen MR) is 84.0 cm³/mol. The van der Waals surface area contributed by atoms with Crippen LogP contribution in [0.15, 0.2) is 24.4 Å². The van der Waals surface area contributed by atoms with Gasteiger partial charge in [0.05, 0.1) is 11.2 Å². The number of likely N-dealkylation sites (tertiary alicyclic amines) is 1. The van der Waals surface area contributed by atoms with Gasteiger partial charge in [-0.1, -0.05) is 36.7 Å². The molecule has 1 atom stereocenters. The van der Waals surface area contributed by atoms with Gasteiger partial charge in [0.2, 0.25) is 0 Å². The highest BCUT2D eigenvalue weighted by atomic mass is 35.5. The number of benzene rings is 1. The van der Waals surface area contributed by atoms with Gasteiger partial charge in [-0.25, -0.2) is 9.07 Å². The summed E-state index contributed by atoms with van der Waals surface area (Å²) in [6.07, 6.45) is 1.40. The van der Waals surface area contributed by atoms with Crippen LogP contribution in [0.2, 0.25) is 5.02 Å². The molecule has 6 nitrogen and oxygen atoms in total. The average Bonchev–Trinajstić information content (AvgIpc) is 3.07. The van der Waals surface area contributed by atoms with Crippen LogP contribution in [0.25, 0.3) is 5.69 Å². The van der Waals surface area contributed by atoms with E-state index in [0.29, 0.717) is 13.1 Å². The van der Waals surface area contributed by atoms with Crippen LogP contribution >= 0.6 is 11.6 Å². The van der Waals surface area contributed by atoms with Gasteiger partial charge in [-0.3, -0.25) is 4.79 Å². The predicted octanol–water partition coefficient (Wildman–Crippen LogP) is 1.87. The minimum absolute atomic E-state index is 0.0156. The normalized spacial score (nSPS) is 20.0. The van der Waals surface area contributed by atoms with Gasteiger partial charge in [-0.15, -0.1) is 5.10 Å². The molecule has 8 heteroatoms. The van der Waals surface area contributed by atoms with Gasteiger partial charge >= 0.3 is 0 Å². The van der Waals surface area contributed by atoms with E-state index in [2.05, 4.69) is 10.3 Å². The van der Waals surface area contributed by atoms with E-state index in [9.17, 15) is 9.18 Å². The van der Waals surface area contributed by atoms with Gasteiger partial charge < -0.3 is 10.6 Å². The Morgan fingerprint density at radius 2 is 2.22 bits per heavy atom. The zero-order valence-electron chi connectivity index (χ0n) is 12.8. The van der Waals surface area contributed by atoms with E-state index < -0.39 is 5.82 Å². The minimum atomic E-state index is -0.609. The summed E-state index contributed by atoms with van der Waals surface area (Å²) in [4.78, 5) is 14.2. The molecule has 1 unspecified atom stereocenters. The van der Waals surface area contributed by atoms with Gasteiger partial charge in [-0.2, -0.15) is 0 Å². The number of rotatable bonds is 2. The van der Waals surface area contributed by atoms with Crippen molar-refractivity contribution in [1.29, 1.82) is 0 Å². The molecule has 23 heavy (non-hydrogen) atoms. The molecule has 0 bridgehead atoms. The van der Waals surface area contributed by atoms with Crippen LogP contribution in [-0.4, -0.2) is 44.9 Å². The number of nitrogens with two attached hydrogens (primary N) is 1. The van der Waals surface area contributed by atoms with E-state index in [4.69, 9.17) is 17.3 Å². The van der Waals surface area contributed by atoms with E-state index >= 15 is 0 Å². The van der Waals surface area contributed by atoms with E-state index in [1.54, 1.807) is 11.0 Å². The van der Waals surface area contributed by atoms with Crippen molar-refractivity contribution in [2.45, 2.75) is 19.9 Å². The Labute approximate surface area is 138 Å². The fraction of sp³-hybridized carbons (Fsp3) is 0.400. The Bertz CT molecular complexity index is 760. The molecule has 3 rings (SSSR count). The lowest BCUT2D eigenvalue weighted by Crippen LogP contribution is -2.35. The van der Waals surface area contributed by atoms with Crippen molar-refractivity contribution in [3.05, 3.63) is 40.9 Å². The molecule has 2 aromatic rings. The Hall–Kier alpha value is -1.99. The first-order valence-electron chi connectivity index (χ1n) is 7.21. The van der Waals surface area contributed by atoms with Crippen LogP contribution in [0.5, 0.6) is 0 Å². The quantitative estimate of drug-likeness (QED) is 0.907. The summed E-state index contributed by atoms with van der Waals surface area (Å²) in [5.74, 6) is -0.873. The lowest BCUT2D eigenvalue weighted by molar-refractivity contribution is 0.0772. The van der Waals surface area contributed by atoms with Crippen LogP contribution in [-0.2, 0) is 0 Å². The van der Waals surface area contributed by atoms with Crippen molar-refractivity contribution < 1.29 is 9.18 Å². The number of nitrogens with zero attached hydrogens (tertiary/aromatic N) is 4. The van der Waals surface area contributed by atoms with Crippen LogP contribution < -0.4 is 5.73 Å². The van der Waals surface area contributed by atoms with Crippen LogP contribution in [0.1, 0.15) is 24.3 Å². The summed E-state index contributed by atoms with van der Waals surface area (Å²) in [6, 6.07) is 4.47. The second-order valence-corrected chi connectivity index (χ2v) is 6.81. The number of amides is 1. The third-order valence-electron chi connectivity index (χ3n) is 4.20. The molecule has 1 saturated heterocycles. The van der Waals surface area contributed by atoms with Gasteiger partial charge in [0.25, 0.3) is 5.91 Å². The zero-order valence-corrected chi connectivity index (χ0v) is 13.6. The van der Waals surface area contributed by atoms with Gasteiger partial charge in [-0.05, 0) is 17.5 Å². The highest BCUT2D eigenvalue weighted by molar-refractivity contribution is 6.30. The zero-order chi connectivity index (χ0) is 16.8. The third-order valence-corrected chi connectivity index (χ3v) is 4.49. The Kier molecular flexibility index (Phi) is 3.85. The van der Waals surface area contributed by atoms with E-state index in [1.165, 1.54) is 23.0 Å². The number of carbonyl (C=O) groups is 1. The SMILES string of the molecule is CC1(C)CN(C(=O)c2cn(-c3cccc(Cl)c3F)nn2)CC1N. The maximum atomic E-state index is 14.0. The highest BCUT2D eigenvalue weighted by Crippen LogP contribution is 2.29. The summed E-state index contributed by atoms with van der Waals surface area (Å²) in [5, 5.41) is 7.66. The molecule has 2 N–H and O–H groups in total. The molecule has 1 aromatic heterocycles. The second-order valence-electron chi connectivity index (χ2n) is 6.40. The Balaban J connectivity index is 1.85. The molecular formula is C15H17ClFN5O. The first kappa shape index (κ1) is 15.9. The number of carbonyl (C=O) groups excluding carboxylic acids is 1. The average molecular weight is 338 g/mol. The molecule has 1 aliphatic rings. The standard InChI is InChI=1S/C15H17ClFN5O/c1-15(2)8-21(7-12(15)18)14(23)10-6-22(20-19-10)11-5-3-4-9(16)13(11)17/h3-6,12H,7-8,18H2,1-2H3. The number of aromatic nitrogens is 3. The first-order chi connectivity index (χ1) is 10.8. The number of hydrogen-bond acceptors (Lipinski definition) is 4. The van der Waals surface area contributed by atoms with Crippen molar-refractivity contribution in [3.8, 4) is 5.69 Å². The van der Waals surface area contributed by atoms with Crippen LogP contribution in [0.4, 0.5) is 4.39 Å². The van der Waals surface area contributed by atoms with E-state index in [-0.39, 0.29) is 33.8 Å². The Morgan fingerprint density at radius 3 is 2.87 bits per heavy atom. The summed E-state index contributed by atoms with van der Waals surface area (Å²) < 4.78 is 15.2. The molecule has 1 amide bonds. The van der Waals surface area contributed by atoms with E-state index in [1.807, 2.05) is 13.8 Å². The minimum Gasteiger partial charge on any atom is -0.335 e.